The lowest BCUT2D eigenvalue weighted by Gasteiger charge is -2.30. The molecular formula is C41H44ClN3O11. The number of ether oxygens (including phenoxy) is 5. The molecule has 1 atom stereocenters. The molecule has 5 rings (SSSR count). The number of piperidine rings is 1. The highest BCUT2D eigenvalue weighted by atomic mass is 35.5. The van der Waals surface area contributed by atoms with Gasteiger partial charge < -0.3 is 38.3 Å². The van der Waals surface area contributed by atoms with Gasteiger partial charge >= 0.3 is 0 Å². The largest absolute Gasteiger partial charge is 0.493 e. The molecule has 0 aliphatic carbocycles. The van der Waals surface area contributed by atoms with E-state index in [2.05, 4.69) is 17.2 Å². The summed E-state index contributed by atoms with van der Waals surface area (Å²) in [7, 11) is 1.46. The van der Waals surface area contributed by atoms with Crippen molar-refractivity contribution < 1.29 is 47.3 Å². The summed E-state index contributed by atoms with van der Waals surface area (Å²) >= 11 is 6.59. The van der Waals surface area contributed by atoms with E-state index in [9.17, 15) is 24.0 Å². The number of nitrogens with one attached hydrogen (secondary N) is 2. The standard InChI is InChI=1S/C41H44ClN3O11/c1-4-26-21-30-34(47)23-37(56-38(30)24-36(26)54-5-2)29-10-9-27(22-32(29)42)43-13-14-51-15-16-52-17-18-53-19-20-55-35-8-6-7-28(31(35)25-46)41(50)45(3)33-11-12-39(48)44-40(33)49/h4,6-10,21-25,33,43H,1,5,11-20H2,2-3H3,(H,44,48,49). The van der Waals surface area contributed by atoms with Crippen LogP contribution in [-0.4, -0.2) is 101 Å². The van der Waals surface area contributed by atoms with E-state index in [0.717, 1.165) is 5.69 Å². The summed E-state index contributed by atoms with van der Waals surface area (Å²) in [6.07, 6.45) is 2.50. The average molecular weight is 790 g/mol. The van der Waals surface area contributed by atoms with E-state index in [1.54, 1.807) is 42.5 Å². The number of fused-ring (bicyclic) bond motifs is 1. The van der Waals surface area contributed by atoms with Crippen LogP contribution < -0.4 is 25.5 Å². The molecule has 15 heteroatoms. The lowest BCUT2D eigenvalue weighted by Crippen LogP contribution is -2.53. The Kier molecular flexibility index (Phi) is 15.2. The van der Waals surface area contributed by atoms with Crippen LogP contribution in [0, 0.1) is 0 Å². The molecule has 3 amide bonds. The van der Waals surface area contributed by atoms with Gasteiger partial charge in [0, 0.05) is 49.0 Å². The highest BCUT2D eigenvalue weighted by Gasteiger charge is 2.33. The zero-order valence-electron chi connectivity index (χ0n) is 31.2. The molecule has 2 heterocycles. The number of carbonyl (C=O) groups is 4. The molecule has 2 N–H and O–H groups in total. The number of imide groups is 1. The lowest BCUT2D eigenvalue weighted by atomic mass is 10.0. The topological polar surface area (TPSA) is 172 Å². The van der Waals surface area contributed by atoms with Crippen LogP contribution in [0.4, 0.5) is 5.69 Å². The highest BCUT2D eigenvalue weighted by Crippen LogP contribution is 2.33. The first-order valence-electron chi connectivity index (χ1n) is 18.1. The molecule has 3 aromatic carbocycles. The molecule has 296 valence electrons. The number of hydrogen-bond acceptors (Lipinski definition) is 12. The van der Waals surface area contributed by atoms with Crippen LogP contribution in [0.1, 0.15) is 46.0 Å². The van der Waals surface area contributed by atoms with E-state index >= 15 is 0 Å². The van der Waals surface area contributed by atoms with E-state index in [4.69, 9.17) is 39.7 Å². The van der Waals surface area contributed by atoms with Gasteiger partial charge in [-0.1, -0.05) is 30.3 Å². The fourth-order valence-electron chi connectivity index (χ4n) is 5.98. The Bertz CT molecular complexity index is 2120. The molecule has 1 aromatic heterocycles. The minimum absolute atomic E-state index is 0.0605. The molecule has 0 spiro atoms. The number of nitrogens with zero attached hydrogens (tertiary/aromatic N) is 1. The monoisotopic (exact) mass is 789 g/mol. The van der Waals surface area contributed by atoms with Crippen molar-refractivity contribution in [3.63, 3.8) is 0 Å². The second-order valence-corrected chi connectivity index (χ2v) is 12.9. The molecule has 56 heavy (non-hydrogen) atoms. The number of benzene rings is 3. The van der Waals surface area contributed by atoms with Crippen LogP contribution in [0.3, 0.4) is 0 Å². The first-order chi connectivity index (χ1) is 27.1. The molecule has 1 aliphatic heterocycles. The Morgan fingerprint density at radius 3 is 2.38 bits per heavy atom. The van der Waals surface area contributed by atoms with Crippen molar-refractivity contribution in [1.82, 2.24) is 10.2 Å². The van der Waals surface area contributed by atoms with E-state index in [1.807, 2.05) is 13.0 Å². The van der Waals surface area contributed by atoms with Gasteiger partial charge in [-0.25, -0.2) is 0 Å². The predicted octanol–water partition coefficient (Wildman–Crippen LogP) is 5.39. The van der Waals surface area contributed by atoms with Crippen molar-refractivity contribution >= 4 is 58.3 Å². The molecule has 1 aliphatic rings. The van der Waals surface area contributed by atoms with Crippen LogP contribution in [0.25, 0.3) is 28.4 Å². The Balaban J connectivity index is 0.959. The van der Waals surface area contributed by atoms with Gasteiger partial charge in [0.2, 0.25) is 11.8 Å². The number of amides is 3. The number of hydrogen-bond donors (Lipinski definition) is 2. The number of anilines is 1. The minimum Gasteiger partial charge on any atom is -0.493 e. The predicted molar refractivity (Wildman–Crippen MR) is 211 cm³/mol. The van der Waals surface area contributed by atoms with Crippen molar-refractivity contribution in [1.29, 1.82) is 0 Å². The second-order valence-electron chi connectivity index (χ2n) is 12.5. The molecule has 0 bridgehead atoms. The van der Waals surface area contributed by atoms with Crippen LogP contribution >= 0.6 is 11.6 Å². The molecule has 4 aromatic rings. The van der Waals surface area contributed by atoms with Crippen LogP contribution in [0.5, 0.6) is 11.5 Å². The molecule has 0 saturated carbocycles. The lowest BCUT2D eigenvalue weighted by molar-refractivity contribution is -0.136. The van der Waals surface area contributed by atoms with Crippen molar-refractivity contribution in [2.75, 3.05) is 71.8 Å². The summed E-state index contributed by atoms with van der Waals surface area (Å²) < 4.78 is 34.2. The van der Waals surface area contributed by atoms with E-state index in [0.29, 0.717) is 91.1 Å². The van der Waals surface area contributed by atoms with Crippen molar-refractivity contribution in [2.24, 2.45) is 0 Å². The first-order valence-corrected chi connectivity index (χ1v) is 18.5. The Labute approximate surface area is 328 Å². The summed E-state index contributed by atoms with van der Waals surface area (Å²) in [4.78, 5) is 62.9. The maximum Gasteiger partial charge on any atom is 0.255 e. The maximum absolute atomic E-state index is 13.1. The van der Waals surface area contributed by atoms with Crippen LogP contribution in [-0.2, 0) is 23.8 Å². The highest BCUT2D eigenvalue weighted by molar-refractivity contribution is 6.33. The van der Waals surface area contributed by atoms with Gasteiger partial charge in [-0.3, -0.25) is 29.3 Å². The SMILES string of the molecule is C=Cc1cc2c(=O)cc(-c3ccc(NCCOCCOCCOCCOc4cccc(C(=O)N(C)C5CCC(=O)NC5=O)c4C=O)cc3Cl)oc2cc1OCC. The fourth-order valence-corrected chi connectivity index (χ4v) is 6.25. The number of carbonyl (C=O) groups excluding carboxylic acids is 4. The van der Waals surface area contributed by atoms with Gasteiger partial charge in [0.15, 0.2) is 11.7 Å². The fraction of sp³-hybridized carbons (Fsp3) is 0.341. The van der Waals surface area contributed by atoms with Crippen molar-refractivity contribution in [3.8, 4) is 22.8 Å². The molecule has 1 saturated heterocycles. The third kappa shape index (κ3) is 10.6. The Morgan fingerprint density at radius 1 is 0.964 bits per heavy atom. The zero-order chi connectivity index (χ0) is 40.0. The quantitative estimate of drug-likeness (QED) is 0.0628. The van der Waals surface area contributed by atoms with Crippen molar-refractivity contribution in [2.45, 2.75) is 25.8 Å². The van der Waals surface area contributed by atoms with E-state index in [1.165, 1.54) is 24.1 Å². The first kappa shape index (κ1) is 41.6. The maximum atomic E-state index is 13.1. The molecular weight excluding hydrogens is 746 g/mol. The van der Waals surface area contributed by atoms with Crippen LogP contribution in [0.2, 0.25) is 5.02 Å². The molecule has 1 unspecified atom stereocenters. The van der Waals surface area contributed by atoms with Gasteiger partial charge in [-0.15, -0.1) is 0 Å². The summed E-state index contributed by atoms with van der Waals surface area (Å²) in [6.45, 7) is 8.82. The number of aldehydes is 1. The van der Waals surface area contributed by atoms with E-state index in [-0.39, 0.29) is 54.3 Å². The molecule has 0 radical (unpaired) electrons. The number of likely N-dealkylation sites (N-methyl/N-ethyl adjacent to an activating group) is 1. The average Bonchev–Trinajstić information content (AvgIpc) is 3.18. The summed E-state index contributed by atoms with van der Waals surface area (Å²) in [5, 5.41) is 6.32. The zero-order valence-corrected chi connectivity index (χ0v) is 32.0. The third-order valence-corrected chi connectivity index (χ3v) is 9.14. The third-order valence-electron chi connectivity index (χ3n) is 8.83. The Morgan fingerprint density at radius 2 is 1.70 bits per heavy atom. The normalized spacial score (nSPS) is 13.9. The van der Waals surface area contributed by atoms with Gasteiger partial charge in [-0.05, 0) is 49.7 Å². The van der Waals surface area contributed by atoms with E-state index < -0.39 is 17.9 Å². The van der Waals surface area contributed by atoms with Gasteiger partial charge in [0.1, 0.15) is 35.5 Å². The van der Waals surface area contributed by atoms with Gasteiger partial charge in [0.25, 0.3) is 5.91 Å². The second kappa shape index (κ2) is 20.4. The summed E-state index contributed by atoms with van der Waals surface area (Å²) in [5.74, 6) is -0.334. The number of halogens is 1. The van der Waals surface area contributed by atoms with Gasteiger partial charge in [0.05, 0.1) is 67.8 Å². The summed E-state index contributed by atoms with van der Waals surface area (Å²) in [6, 6.07) is 14.0. The van der Waals surface area contributed by atoms with Gasteiger partial charge in [-0.2, -0.15) is 0 Å². The Hall–Kier alpha value is -5.54. The summed E-state index contributed by atoms with van der Waals surface area (Å²) in [5.41, 5.74) is 2.41. The minimum atomic E-state index is -0.820. The smallest absolute Gasteiger partial charge is 0.255 e. The molecule has 14 nitrogen and oxygen atoms in total. The van der Waals surface area contributed by atoms with Crippen molar-refractivity contribution in [3.05, 3.63) is 93.1 Å². The van der Waals surface area contributed by atoms with Crippen LogP contribution in [0.15, 0.2) is 70.4 Å². The number of rotatable bonds is 21. The molecule has 1 fully saturated rings.